The van der Waals surface area contributed by atoms with Crippen molar-refractivity contribution < 1.29 is 9.84 Å². The van der Waals surface area contributed by atoms with E-state index in [0.717, 1.165) is 45.1 Å². The molecule has 4 saturated carbocycles. The number of ether oxygens (including phenoxy) is 1. The largest absolute Gasteiger partial charge is 0.389 e. The number of rotatable bonds is 6. The third kappa shape index (κ3) is 3.80. The van der Waals surface area contributed by atoms with Crippen LogP contribution in [0.1, 0.15) is 78.1 Å². The van der Waals surface area contributed by atoms with Gasteiger partial charge in [-0.1, -0.05) is 13.8 Å². The van der Waals surface area contributed by atoms with E-state index in [1.54, 1.807) is 0 Å². The maximum atomic E-state index is 12.2. The lowest BCUT2D eigenvalue weighted by Crippen LogP contribution is -2.62. The molecule has 7 N–H and O–H groups in total. The number of hydrogen-bond acceptors (Lipinski definition) is 5. The minimum Gasteiger partial charge on any atom is -0.389 e. The minimum atomic E-state index is -0.620. The quantitative estimate of drug-likeness (QED) is 0.190. The molecule has 8 atom stereocenters. The molecule has 0 aromatic carbocycles. The molecule has 4 aliphatic rings. The molecule has 7 heteroatoms. The maximum absolute atomic E-state index is 12.2. The van der Waals surface area contributed by atoms with Crippen molar-refractivity contribution in [1.82, 2.24) is 5.43 Å². The van der Waals surface area contributed by atoms with Crippen molar-refractivity contribution in [2.75, 3.05) is 13.2 Å². The van der Waals surface area contributed by atoms with Crippen molar-refractivity contribution in [2.24, 2.45) is 51.1 Å². The molecule has 0 heterocycles. The van der Waals surface area contributed by atoms with Crippen LogP contribution in [0.15, 0.2) is 5.10 Å². The van der Waals surface area contributed by atoms with Gasteiger partial charge in [0.25, 0.3) is 0 Å². The molecule has 4 rings (SSSR count). The molecule has 0 saturated heterocycles. The summed E-state index contributed by atoms with van der Waals surface area (Å²) in [5.41, 5.74) is 13.1. The molecule has 7 nitrogen and oxygen atoms in total. The molecule has 0 radical (unpaired) electrons. The Kier molecular flexibility index (Phi) is 6.41. The number of nitrogens with zero attached hydrogens (tertiary/aromatic N) is 1. The van der Waals surface area contributed by atoms with Crippen molar-refractivity contribution in [3.63, 3.8) is 0 Å². The highest BCUT2D eigenvalue weighted by atomic mass is 16.5. The van der Waals surface area contributed by atoms with Gasteiger partial charge in [0.1, 0.15) is 0 Å². The summed E-state index contributed by atoms with van der Waals surface area (Å²) in [4.78, 5) is 0. The smallest absolute Gasteiger partial charge is 0.206 e. The Bertz CT molecular complexity index is 701. The van der Waals surface area contributed by atoms with Gasteiger partial charge in [-0.15, -0.1) is 0 Å². The third-order valence-electron chi connectivity index (χ3n) is 10.0. The second-order valence-corrected chi connectivity index (χ2v) is 11.2. The van der Waals surface area contributed by atoms with Crippen molar-refractivity contribution >= 4 is 12.2 Å². The number of guanidine groups is 1. The number of nitrogens with one attached hydrogen (secondary N) is 2. The zero-order valence-corrected chi connectivity index (χ0v) is 19.4. The monoisotopic (exact) mass is 433 g/mol. The van der Waals surface area contributed by atoms with Gasteiger partial charge in [-0.05, 0) is 93.9 Å². The van der Waals surface area contributed by atoms with Crippen LogP contribution in [-0.2, 0) is 4.74 Å². The van der Waals surface area contributed by atoms with Crippen LogP contribution in [0.5, 0.6) is 0 Å². The Labute approximate surface area is 187 Å². The highest BCUT2D eigenvalue weighted by Crippen LogP contribution is 2.68. The molecule has 0 aromatic rings. The lowest BCUT2D eigenvalue weighted by Gasteiger charge is -2.63. The van der Waals surface area contributed by atoms with Crippen molar-refractivity contribution in [3.8, 4) is 0 Å². The average Bonchev–Trinajstić information content (AvgIpc) is 2.99. The first-order valence-corrected chi connectivity index (χ1v) is 12.4. The van der Waals surface area contributed by atoms with E-state index in [2.05, 4.69) is 24.4 Å². The summed E-state index contributed by atoms with van der Waals surface area (Å²) in [6.07, 6.45) is 13.1. The van der Waals surface area contributed by atoms with Gasteiger partial charge in [0.2, 0.25) is 5.96 Å². The van der Waals surface area contributed by atoms with E-state index in [-0.39, 0.29) is 17.3 Å². The standard InChI is InChI=1S/C24H43N5O2/c1-22-9-7-18(31-13-3-12-25)14-16(22)4-5-20-19(22)8-10-23(2)17(6-11-24(20,23)30)15-28-29-21(26)27/h15-20,30H,3-14,25H2,1-2H3,(H4,26,27,29)/b28-15+/t16-,17-,18+,19+,20-,22+,23-,24+/m1/s1. The number of hydrazone groups is 1. The first-order valence-electron chi connectivity index (χ1n) is 12.4. The van der Waals surface area contributed by atoms with Crippen molar-refractivity contribution in [3.05, 3.63) is 0 Å². The van der Waals surface area contributed by atoms with E-state index in [0.29, 0.717) is 35.8 Å². The van der Waals surface area contributed by atoms with Gasteiger partial charge in [-0.3, -0.25) is 5.41 Å². The maximum Gasteiger partial charge on any atom is 0.206 e. The summed E-state index contributed by atoms with van der Waals surface area (Å²) in [5, 5.41) is 23.7. The van der Waals surface area contributed by atoms with Crippen LogP contribution in [-0.4, -0.2) is 42.1 Å². The Morgan fingerprint density at radius 1 is 1.16 bits per heavy atom. The molecular formula is C24H43N5O2. The van der Waals surface area contributed by atoms with Crippen molar-refractivity contribution in [2.45, 2.75) is 89.8 Å². The molecule has 31 heavy (non-hydrogen) atoms. The first-order chi connectivity index (χ1) is 14.7. The summed E-state index contributed by atoms with van der Waals surface area (Å²) in [7, 11) is 0. The molecule has 0 aliphatic heterocycles. The predicted octanol–water partition coefficient (Wildman–Crippen LogP) is 2.96. The second-order valence-electron chi connectivity index (χ2n) is 11.2. The Morgan fingerprint density at radius 2 is 1.97 bits per heavy atom. The lowest BCUT2D eigenvalue weighted by atomic mass is 9.43. The fraction of sp³-hybridized carbons (Fsp3) is 0.917. The molecular weight excluding hydrogens is 390 g/mol. The number of nitrogens with two attached hydrogens (primary N) is 2. The fourth-order valence-electron chi connectivity index (χ4n) is 8.15. The summed E-state index contributed by atoms with van der Waals surface area (Å²) in [5.74, 6) is 1.76. The third-order valence-corrected chi connectivity index (χ3v) is 10.0. The predicted molar refractivity (Wildman–Crippen MR) is 124 cm³/mol. The van der Waals surface area contributed by atoms with E-state index < -0.39 is 5.60 Å². The highest BCUT2D eigenvalue weighted by Gasteiger charge is 2.66. The van der Waals surface area contributed by atoms with Gasteiger partial charge >= 0.3 is 0 Å². The zero-order chi connectivity index (χ0) is 22.3. The minimum absolute atomic E-state index is 0.146. The van der Waals surface area contributed by atoms with E-state index in [1.165, 1.54) is 25.7 Å². The summed E-state index contributed by atoms with van der Waals surface area (Å²) < 4.78 is 6.15. The van der Waals surface area contributed by atoms with Crippen LogP contribution in [0.2, 0.25) is 0 Å². The Hall–Kier alpha value is -1.18. The van der Waals surface area contributed by atoms with Gasteiger partial charge < -0.3 is 21.3 Å². The Balaban J connectivity index is 1.48. The normalized spacial score (nSPS) is 46.9. The van der Waals surface area contributed by atoms with Crippen LogP contribution in [0.4, 0.5) is 0 Å². The van der Waals surface area contributed by atoms with Gasteiger partial charge in [0.15, 0.2) is 0 Å². The molecule has 0 amide bonds. The highest BCUT2D eigenvalue weighted by molar-refractivity contribution is 5.75. The summed E-state index contributed by atoms with van der Waals surface area (Å²) in [6.45, 7) is 6.28. The van der Waals surface area contributed by atoms with Gasteiger partial charge in [-0.25, -0.2) is 5.43 Å². The number of fused-ring (bicyclic) bond motifs is 5. The van der Waals surface area contributed by atoms with Gasteiger partial charge in [0, 0.05) is 24.2 Å². The molecule has 4 aliphatic carbocycles. The molecule has 4 fully saturated rings. The second kappa shape index (κ2) is 8.64. The molecule has 176 valence electrons. The average molecular weight is 434 g/mol. The molecule has 0 bridgehead atoms. The van der Waals surface area contributed by atoms with Gasteiger partial charge in [0.05, 0.1) is 11.7 Å². The number of hydrogen-bond donors (Lipinski definition) is 5. The summed E-state index contributed by atoms with van der Waals surface area (Å²) >= 11 is 0. The SMILES string of the molecule is C[C@]12CC[C@H](OCCCN)C[C@H]1CC[C@@H]1[C@@H]2CC[C@]2(C)[C@@H](/C=N/NC(=N)N)CC[C@]12O. The van der Waals surface area contributed by atoms with E-state index in [4.69, 9.17) is 21.6 Å². The number of aliphatic hydroxyl groups is 1. The van der Waals surface area contributed by atoms with Crippen LogP contribution < -0.4 is 16.9 Å². The van der Waals surface area contributed by atoms with E-state index in [9.17, 15) is 5.11 Å². The fourth-order valence-corrected chi connectivity index (χ4v) is 8.15. The van der Waals surface area contributed by atoms with Crippen LogP contribution >= 0.6 is 0 Å². The van der Waals surface area contributed by atoms with Crippen molar-refractivity contribution in [1.29, 1.82) is 5.41 Å². The molecule has 0 aromatic heterocycles. The topological polar surface area (TPSA) is 130 Å². The van der Waals surface area contributed by atoms with Crippen LogP contribution in [0, 0.1) is 39.9 Å². The first kappa shape index (κ1) is 23.0. The van der Waals surface area contributed by atoms with Crippen LogP contribution in [0.25, 0.3) is 0 Å². The van der Waals surface area contributed by atoms with Gasteiger partial charge in [-0.2, -0.15) is 5.10 Å². The summed E-state index contributed by atoms with van der Waals surface area (Å²) in [6, 6.07) is 0. The zero-order valence-electron chi connectivity index (χ0n) is 19.4. The Morgan fingerprint density at radius 3 is 2.71 bits per heavy atom. The molecule has 0 spiro atoms. The lowest BCUT2D eigenvalue weighted by molar-refractivity contribution is -0.207. The molecule has 0 unspecified atom stereocenters. The van der Waals surface area contributed by atoms with E-state index >= 15 is 0 Å². The van der Waals surface area contributed by atoms with E-state index in [1.807, 2.05) is 6.21 Å². The van der Waals surface area contributed by atoms with Crippen LogP contribution in [0.3, 0.4) is 0 Å².